The number of nitrogens with zero attached hydrogens (tertiary/aromatic N) is 2. The number of carbonyl (C=O) groups is 3. The molecule has 13 nitrogen and oxygen atoms in total. The number of ketones is 2. The lowest BCUT2D eigenvalue weighted by atomic mass is 9.50. The monoisotopic (exact) mass is 555 g/mol. The van der Waals surface area contributed by atoms with Crippen LogP contribution in [0.25, 0.3) is 16.9 Å². The van der Waals surface area contributed by atoms with Crippen molar-refractivity contribution in [3.63, 3.8) is 0 Å². The molecule has 6 atom stereocenters. The smallest absolute Gasteiger partial charge is 0.230 e. The van der Waals surface area contributed by atoms with Gasteiger partial charge >= 0.3 is 0 Å². The third-order valence-electron chi connectivity index (χ3n) is 8.71. The van der Waals surface area contributed by atoms with Crippen molar-refractivity contribution in [1.82, 2.24) is 4.90 Å². The van der Waals surface area contributed by atoms with Crippen LogP contribution in [0.3, 0.4) is 0 Å². The summed E-state index contributed by atoms with van der Waals surface area (Å²) in [5.74, 6) is -1.48. The Hall–Kier alpha value is -3.75. The van der Waals surface area contributed by atoms with E-state index >= 15 is 0 Å². The predicted octanol–water partition coefficient (Wildman–Crippen LogP) is -0.566. The fraction of sp³-hybridized carbons (Fsp3) is 0.444. The summed E-state index contributed by atoms with van der Waals surface area (Å²) in [5, 5.41) is 34.9. The number of Topliss-reactive ketones (excluding diaryl/α,β-unsaturated/α-hetero) is 2. The number of phenolic OH excluding ortho intramolecular Hbond substituents is 1. The van der Waals surface area contributed by atoms with Gasteiger partial charge < -0.3 is 41.0 Å². The van der Waals surface area contributed by atoms with Crippen molar-refractivity contribution in [3.8, 4) is 16.9 Å². The molecular formula is C27H33N5O8. The van der Waals surface area contributed by atoms with Crippen molar-refractivity contribution in [3.05, 3.63) is 41.4 Å². The van der Waals surface area contributed by atoms with E-state index in [1.54, 1.807) is 40.3 Å². The van der Waals surface area contributed by atoms with Crippen LogP contribution in [0, 0.1) is 11.8 Å². The van der Waals surface area contributed by atoms with Gasteiger partial charge in [0.25, 0.3) is 0 Å². The zero-order chi connectivity index (χ0) is 29.5. The molecule has 0 bridgehead atoms. The number of rotatable bonds is 5. The normalized spacial score (nSPS) is 31.6. The molecule has 5 rings (SSSR count). The zero-order valence-corrected chi connectivity index (χ0v) is 22.5. The van der Waals surface area contributed by atoms with Crippen molar-refractivity contribution in [1.29, 1.82) is 0 Å². The van der Waals surface area contributed by atoms with Gasteiger partial charge in [0.15, 0.2) is 5.78 Å². The molecule has 1 amide bonds. The van der Waals surface area contributed by atoms with E-state index in [-0.39, 0.29) is 29.7 Å². The molecule has 40 heavy (non-hydrogen) atoms. The first-order chi connectivity index (χ1) is 18.7. The highest BCUT2D eigenvalue weighted by Crippen LogP contribution is 2.55. The third-order valence-corrected chi connectivity index (χ3v) is 8.71. The highest BCUT2D eigenvalue weighted by Gasteiger charge is 2.74. The Balaban J connectivity index is 1.78. The molecule has 2 aromatic rings. The summed E-state index contributed by atoms with van der Waals surface area (Å²) in [5.41, 5.74) is 9.26. The second-order valence-corrected chi connectivity index (χ2v) is 11.3. The number of anilines is 1. The van der Waals surface area contributed by atoms with Gasteiger partial charge in [-0.15, -0.1) is 0 Å². The summed E-state index contributed by atoms with van der Waals surface area (Å²) in [4.78, 5) is 48.8. The summed E-state index contributed by atoms with van der Waals surface area (Å²) in [7, 11) is 6.77. The minimum absolute atomic E-state index is 0.00263. The van der Waals surface area contributed by atoms with Gasteiger partial charge in [-0.1, -0.05) is 0 Å². The minimum atomic E-state index is -2.95. The SMILES string of the molecule is CN(C)c1cc(-c2ccoc2)c(O)c2c1C[C@H]1C[C@@]3(N)[C@H](N(C)C)C(ON)[C@@H](C(N)=O)C(=O)[C@@]3(O)C(=O)C1=C2O. The van der Waals surface area contributed by atoms with Gasteiger partial charge in [-0.05, 0) is 50.6 Å². The first kappa shape index (κ1) is 27.8. The van der Waals surface area contributed by atoms with Crippen LogP contribution < -0.4 is 22.3 Å². The average molecular weight is 556 g/mol. The lowest BCUT2D eigenvalue weighted by molar-refractivity contribution is -0.194. The maximum atomic E-state index is 14.2. The molecule has 0 spiro atoms. The van der Waals surface area contributed by atoms with Crippen molar-refractivity contribution in [2.75, 3.05) is 33.1 Å². The molecule has 0 aliphatic heterocycles. The van der Waals surface area contributed by atoms with Gasteiger partial charge in [0, 0.05) is 36.5 Å². The number of benzene rings is 1. The highest BCUT2D eigenvalue weighted by molar-refractivity contribution is 6.26. The van der Waals surface area contributed by atoms with Crippen LogP contribution in [0.1, 0.15) is 17.5 Å². The van der Waals surface area contributed by atoms with Crippen LogP contribution in [0.5, 0.6) is 5.75 Å². The van der Waals surface area contributed by atoms with Gasteiger partial charge in [0.1, 0.15) is 23.5 Å². The van der Waals surface area contributed by atoms with E-state index in [4.69, 9.17) is 26.6 Å². The molecular weight excluding hydrogens is 522 g/mol. The summed E-state index contributed by atoms with van der Waals surface area (Å²) in [6.07, 6.45) is 1.49. The molecule has 214 valence electrons. The summed E-state index contributed by atoms with van der Waals surface area (Å²) < 4.78 is 5.17. The van der Waals surface area contributed by atoms with Crippen LogP contribution in [0.4, 0.5) is 5.69 Å². The summed E-state index contributed by atoms with van der Waals surface area (Å²) in [6.45, 7) is 0. The molecule has 13 heteroatoms. The van der Waals surface area contributed by atoms with E-state index in [9.17, 15) is 29.7 Å². The number of amides is 1. The van der Waals surface area contributed by atoms with E-state index in [0.717, 1.165) is 0 Å². The van der Waals surface area contributed by atoms with Crippen LogP contribution in [0.2, 0.25) is 0 Å². The van der Waals surface area contributed by atoms with Crippen LogP contribution in [-0.2, 0) is 25.6 Å². The van der Waals surface area contributed by atoms with E-state index in [1.165, 1.54) is 17.4 Å². The Kier molecular flexibility index (Phi) is 6.36. The van der Waals surface area contributed by atoms with Gasteiger partial charge in [-0.25, -0.2) is 5.90 Å². The molecule has 1 heterocycles. The number of primary amides is 1. The second kappa shape index (κ2) is 9.14. The lowest BCUT2D eigenvalue weighted by Gasteiger charge is -2.59. The maximum absolute atomic E-state index is 14.2. The Morgan fingerprint density at radius 1 is 1.20 bits per heavy atom. The third kappa shape index (κ3) is 3.42. The number of aliphatic hydroxyl groups excluding tert-OH is 1. The molecule has 2 fully saturated rings. The van der Waals surface area contributed by atoms with E-state index in [1.807, 2.05) is 4.90 Å². The van der Waals surface area contributed by atoms with Crippen LogP contribution >= 0.6 is 0 Å². The molecule has 1 aromatic carbocycles. The summed E-state index contributed by atoms with van der Waals surface area (Å²) >= 11 is 0. The number of hydrogen-bond donors (Lipinski definition) is 6. The first-order valence-electron chi connectivity index (χ1n) is 12.7. The van der Waals surface area contributed by atoms with Gasteiger partial charge in [0.2, 0.25) is 17.3 Å². The van der Waals surface area contributed by atoms with Gasteiger partial charge in [0.05, 0.1) is 29.7 Å². The quantitative estimate of drug-likeness (QED) is 0.202. The molecule has 3 aliphatic rings. The fourth-order valence-electron chi connectivity index (χ4n) is 7.03. The van der Waals surface area contributed by atoms with Crippen molar-refractivity contribution < 1.29 is 39.0 Å². The number of aliphatic hydroxyl groups is 2. The molecule has 1 unspecified atom stereocenters. The highest BCUT2D eigenvalue weighted by atomic mass is 16.6. The maximum Gasteiger partial charge on any atom is 0.230 e. The second-order valence-electron chi connectivity index (χ2n) is 11.3. The number of phenols is 1. The van der Waals surface area contributed by atoms with E-state index < -0.39 is 58.4 Å². The van der Waals surface area contributed by atoms with Crippen molar-refractivity contribution in [2.24, 2.45) is 29.2 Å². The number of hydrogen-bond acceptors (Lipinski definition) is 12. The number of likely N-dealkylation sites (N-methyl/N-ethyl adjacent to an activating group) is 1. The molecule has 1 aromatic heterocycles. The number of fused-ring (bicyclic) bond motifs is 3. The largest absolute Gasteiger partial charge is 0.507 e. The van der Waals surface area contributed by atoms with E-state index in [2.05, 4.69) is 0 Å². The minimum Gasteiger partial charge on any atom is -0.507 e. The van der Waals surface area contributed by atoms with Crippen molar-refractivity contribution >= 4 is 28.9 Å². The Labute approximate surface area is 229 Å². The standard InChI is InChI=1S/C27H33N5O8/c1-31(2)15-8-13(11-5-6-39-10-11)19(33)17-14(15)7-12-9-26(29)22(32(3)4)21(40-30)18(25(28)37)24(36)27(26,38)23(35)16(12)20(17)34/h5-6,8,10,12,18,21-22,33-34,38H,7,9,29-30H2,1-4H3,(H2,28,37)/t12-,18+,21?,22+,26+,27-/m0/s1. The zero-order valence-electron chi connectivity index (χ0n) is 22.5. The number of furan rings is 1. The molecule has 0 radical (unpaired) electrons. The van der Waals surface area contributed by atoms with Crippen molar-refractivity contribution in [2.45, 2.75) is 36.1 Å². The number of nitrogens with two attached hydrogens (primary N) is 3. The Bertz CT molecular complexity index is 1450. The molecule has 0 saturated heterocycles. The van der Waals surface area contributed by atoms with E-state index in [0.29, 0.717) is 22.4 Å². The average Bonchev–Trinajstić information content (AvgIpc) is 3.40. The number of aromatic hydroxyl groups is 1. The Morgan fingerprint density at radius 3 is 2.40 bits per heavy atom. The predicted molar refractivity (Wildman–Crippen MR) is 143 cm³/mol. The topological polar surface area (TPSA) is 219 Å². The molecule has 3 aliphatic carbocycles. The molecule has 2 saturated carbocycles. The lowest BCUT2D eigenvalue weighted by Crippen LogP contribution is -2.86. The van der Waals surface area contributed by atoms with Crippen LogP contribution in [-0.4, -0.2) is 89.2 Å². The summed E-state index contributed by atoms with van der Waals surface area (Å²) in [6, 6.07) is 2.28. The first-order valence-corrected chi connectivity index (χ1v) is 12.7. The fourth-order valence-corrected chi connectivity index (χ4v) is 7.03. The molecule has 9 N–H and O–H groups in total. The number of carbonyl (C=O) groups excluding carboxylic acids is 3. The van der Waals surface area contributed by atoms with Gasteiger partial charge in [-0.2, -0.15) is 0 Å². The van der Waals surface area contributed by atoms with Crippen LogP contribution in [0.15, 0.2) is 34.6 Å². The van der Waals surface area contributed by atoms with Gasteiger partial charge in [-0.3, -0.25) is 19.2 Å². The Morgan fingerprint density at radius 2 is 1.88 bits per heavy atom.